The van der Waals surface area contributed by atoms with Crippen LogP contribution in [-0.4, -0.2) is 0 Å². The molecule has 2 nitrogen and oxygen atoms in total. The van der Waals surface area contributed by atoms with E-state index < -0.39 is 0 Å². The van der Waals surface area contributed by atoms with Crippen molar-refractivity contribution in [1.82, 2.24) is 5.48 Å². The number of benzene rings is 2. The van der Waals surface area contributed by atoms with Gasteiger partial charge < -0.3 is 4.84 Å². The van der Waals surface area contributed by atoms with Crippen molar-refractivity contribution < 1.29 is 4.84 Å². The topological polar surface area (TPSA) is 21.3 Å². The van der Waals surface area contributed by atoms with Gasteiger partial charge in [-0.15, -0.1) is 5.48 Å². The monoisotopic (exact) mass is 197 g/mol. The third kappa shape index (κ3) is 1.39. The molecule has 1 aliphatic heterocycles. The molecule has 0 bridgehead atoms. The van der Waals surface area contributed by atoms with Crippen molar-refractivity contribution in [2.75, 3.05) is 0 Å². The number of hydrogen-bond donors (Lipinski definition) is 1. The van der Waals surface area contributed by atoms with Crippen LogP contribution < -0.4 is 10.3 Å². The second-order valence-electron chi connectivity index (χ2n) is 3.60. The minimum absolute atomic E-state index is 0.155. The highest BCUT2D eigenvalue weighted by Gasteiger charge is 2.24. The Labute approximate surface area is 88.5 Å². The number of hydrogen-bond acceptors (Lipinski definition) is 2. The van der Waals surface area contributed by atoms with Crippen LogP contribution in [0.3, 0.4) is 0 Å². The average Bonchev–Trinajstić information content (AvgIpc) is 2.74. The van der Waals surface area contributed by atoms with Gasteiger partial charge in [0.15, 0.2) is 5.75 Å². The highest BCUT2D eigenvalue weighted by molar-refractivity contribution is 5.43. The normalized spacial score (nSPS) is 18.3. The van der Waals surface area contributed by atoms with Gasteiger partial charge in [-0.2, -0.15) is 0 Å². The largest absolute Gasteiger partial charge is 0.407 e. The summed E-state index contributed by atoms with van der Waals surface area (Å²) >= 11 is 0. The van der Waals surface area contributed by atoms with E-state index in [1.807, 2.05) is 36.4 Å². The number of rotatable bonds is 1. The van der Waals surface area contributed by atoms with Crippen molar-refractivity contribution in [2.24, 2.45) is 0 Å². The molecule has 0 fully saturated rings. The summed E-state index contributed by atoms with van der Waals surface area (Å²) in [4.78, 5) is 5.42. The molecule has 1 unspecified atom stereocenters. The van der Waals surface area contributed by atoms with Crippen LogP contribution in [0.25, 0.3) is 0 Å². The Bertz CT molecular complexity index is 467. The Morgan fingerprint density at radius 1 is 0.867 bits per heavy atom. The van der Waals surface area contributed by atoms with Gasteiger partial charge in [0, 0.05) is 5.56 Å². The van der Waals surface area contributed by atoms with Crippen LogP contribution in [0.5, 0.6) is 5.75 Å². The summed E-state index contributed by atoms with van der Waals surface area (Å²) in [6, 6.07) is 18.5. The molecule has 74 valence electrons. The summed E-state index contributed by atoms with van der Waals surface area (Å²) in [6.45, 7) is 0. The first-order valence-electron chi connectivity index (χ1n) is 5.01. The van der Waals surface area contributed by atoms with Crippen molar-refractivity contribution in [2.45, 2.75) is 6.04 Å². The second kappa shape index (κ2) is 3.41. The molecule has 0 amide bonds. The zero-order chi connectivity index (χ0) is 10.1. The molecule has 1 N–H and O–H groups in total. The van der Waals surface area contributed by atoms with Crippen molar-refractivity contribution in [3.63, 3.8) is 0 Å². The molecule has 15 heavy (non-hydrogen) atoms. The van der Waals surface area contributed by atoms with Gasteiger partial charge in [0.2, 0.25) is 0 Å². The maximum absolute atomic E-state index is 5.42. The first kappa shape index (κ1) is 8.50. The molecule has 2 aromatic carbocycles. The van der Waals surface area contributed by atoms with Gasteiger partial charge in [-0.1, -0.05) is 48.5 Å². The molecule has 0 aliphatic carbocycles. The van der Waals surface area contributed by atoms with Gasteiger partial charge in [-0.25, -0.2) is 0 Å². The minimum atomic E-state index is 0.155. The van der Waals surface area contributed by atoms with Crippen LogP contribution in [0.1, 0.15) is 17.2 Å². The lowest BCUT2D eigenvalue weighted by molar-refractivity contribution is 0.207. The quantitative estimate of drug-likeness (QED) is 0.758. The van der Waals surface area contributed by atoms with E-state index in [9.17, 15) is 0 Å². The average molecular weight is 197 g/mol. The standard InChI is InChI=1S/C13H11NO/c1-2-6-10(7-3-1)13-11-8-4-5-9-12(11)15-14-13/h1-9,13-14H. The Hall–Kier alpha value is -1.80. The van der Waals surface area contributed by atoms with Crippen molar-refractivity contribution >= 4 is 0 Å². The molecule has 0 aromatic heterocycles. The van der Waals surface area contributed by atoms with E-state index in [-0.39, 0.29) is 6.04 Å². The van der Waals surface area contributed by atoms with E-state index in [0.29, 0.717) is 0 Å². The molecule has 2 aromatic rings. The fourth-order valence-corrected chi connectivity index (χ4v) is 1.89. The summed E-state index contributed by atoms with van der Waals surface area (Å²) in [5, 5.41) is 0. The predicted molar refractivity (Wildman–Crippen MR) is 58.5 cm³/mol. The van der Waals surface area contributed by atoms with Crippen molar-refractivity contribution in [1.29, 1.82) is 0 Å². The van der Waals surface area contributed by atoms with Crippen LogP contribution in [0.2, 0.25) is 0 Å². The summed E-state index contributed by atoms with van der Waals surface area (Å²) in [5.74, 6) is 0.923. The smallest absolute Gasteiger partial charge is 0.152 e. The Balaban J connectivity index is 2.05. The predicted octanol–water partition coefficient (Wildman–Crippen LogP) is 2.67. The molecule has 2 heteroatoms. The molecule has 1 atom stereocenters. The first-order chi connectivity index (χ1) is 7.45. The third-order valence-corrected chi connectivity index (χ3v) is 2.65. The summed E-state index contributed by atoms with van der Waals surface area (Å²) in [6.07, 6.45) is 0. The molecule has 3 rings (SSSR count). The molecule has 0 saturated heterocycles. The highest BCUT2D eigenvalue weighted by atomic mass is 16.7. The van der Waals surface area contributed by atoms with E-state index in [4.69, 9.17) is 4.84 Å². The van der Waals surface area contributed by atoms with E-state index in [2.05, 4.69) is 23.7 Å². The highest BCUT2D eigenvalue weighted by Crippen LogP contribution is 2.34. The van der Waals surface area contributed by atoms with Crippen LogP contribution in [0.4, 0.5) is 0 Å². The van der Waals surface area contributed by atoms with Crippen LogP contribution in [0, 0.1) is 0 Å². The second-order valence-corrected chi connectivity index (χ2v) is 3.60. The van der Waals surface area contributed by atoms with Gasteiger partial charge in [0.1, 0.15) is 0 Å². The fraction of sp³-hybridized carbons (Fsp3) is 0.0769. The van der Waals surface area contributed by atoms with Gasteiger partial charge in [-0.3, -0.25) is 0 Å². The zero-order valence-electron chi connectivity index (χ0n) is 8.18. The fourth-order valence-electron chi connectivity index (χ4n) is 1.89. The van der Waals surface area contributed by atoms with E-state index >= 15 is 0 Å². The van der Waals surface area contributed by atoms with Gasteiger partial charge in [0.05, 0.1) is 6.04 Å². The number of nitrogens with one attached hydrogen (secondary N) is 1. The van der Waals surface area contributed by atoms with Crippen LogP contribution >= 0.6 is 0 Å². The van der Waals surface area contributed by atoms with Crippen LogP contribution in [0.15, 0.2) is 54.6 Å². The lowest BCUT2D eigenvalue weighted by Gasteiger charge is -2.08. The van der Waals surface area contributed by atoms with E-state index in [0.717, 1.165) is 5.75 Å². The maximum Gasteiger partial charge on any atom is 0.152 e. The Morgan fingerprint density at radius 3 is 2.47 bits per heavy atom. The Morgan fingerprint density at radius 2 is 1.60 bits per heavy atom. The molecule has 0 radical (unpaired) electrons. The minimum Gasteiger partial charge on any atom is -0.407 e. The number of para-hydroxylation sites is 1. The van der Waals surface area contributed by atoms with Crippen LogP contribution in [-0.2, 0) is 0 Å². The van der Waals surface area contributed by atoms with Crippen molar-refractivity contribution in [3.8, 4) is 5.75 Å². The van der Waals surface area contributed by atoms with E-state index in [1.165, 1.54) is 11.1 Å². The third-order valence-electron chi connectivity index (χ3n) is 2.65. The van der Waals surface area contributed by atoms with E-state index in [1.54, 1.807) is 0 Å². The lowest BCUT2D eigenvalue weighted by atomic mass is 10.00. The summed E-state index contributed by atoms with van der Waals surface area (Å²) in [5.41, 5.74) is 5.46. The molecule has 1 heterocycles. The summed E-state index contributed by atoms with van der Waals surface area (Å²) < 4.78 is 0. The first-order valence-corrected chi connectivity index (χ1v) is 5.01. The Kier molecular flexibility index (Phi) is 1.93. The number of hydroxylamine groups is 1. The lowest BCUT2D eigenvalue weighted by Crippen LogP contribution is -2.17. The van der Waals surface area contributed by atoms with Crippen molar-refractivity contribution in [3.05, 3.63) is 65.7 Å². The van der Waals surface area contributed by atoms with Gasteiger partial charge in [-0.05, 0) is 11.6 Å². The number of fused-ring (bicyclic) bond motifs is 1. The summed E-state index contributed by atoms with van der Waals surface area (Å²) in [7, 11) is 0. The molecular weight excluding hydrogens is 186 g/mol. The molecular formula is C13H11NO. The molecule has 0 saturated carbocycles. The molecule has 1 aliphatic rings. The SMILES string of the molecule is c1ccc(C2NOc3ccccc32)cc1. The maximum atomic E-state index is 5.42. The molecule has 0 spiro atoms. The van der Waals surface area contributed by atoms with Gasteiger partial charge >= 0.3 is 0 Å². The van der Waals surface area contributed by atoms with Gasteiger partial charge in [0.25, 0.3) is 0 Å². The zero-order valence-corrected chi connectivity index (χ0v) is 8.18.